The number of rotatable bonds is 9. The summed E-state index contributed by atoms with van der Waals surface area (Å²) in [5.41, 5.74) is 5.46. The van der Waals surface area contributed by atoms with Crippen molar-refractivity contribution in [2.24, 2.45) is 17.6 Å². The lowest BCUT2D eigenvalue weighted by molar-refractivity contribution is -0.127. The summed E-state index contributed by atoms with van der Waals surface area (Å²) in [6, 6.07) is -0.163. The molecule has 0 heterocycles. The molecule has 0 aromatic carbocycles. The zero-order chi connectivity index (χ0) is 14.1. The number of nitrogens with one attached hydrogen (secondary N) is 1. The molecule has 0 aromatic heterocycles. The molecule has 0 aromatic rings. The third kappa shape index (κ3) is 7.60. The molecule has 0 fully saturated rings. The number of nitrogens with two attached hydrogens (primary N) is 1. The minimum Gasteiger partial charge on any atom is -0.374 e. The lowest BCUT2D eigenvalue weighted by atomic mass is 9.92. The van der Waals surface area contributed by atoms with Gasteiger partial charge in [-0.2, -0.15) is 0 Å². The summed E-state index contributed by atoms with van der Waals surface area (Å²) in [5.74, 6) is 0.110. The Hall–Kier alpha value is -0.690. The normalized spacial score (nSPS) is 16.4. The Morgan fingerprint density at radius 1 is 1.28 bits per heavy atom. The van der Waals surface area contributed by atoms with Gasteiger partial charge in [0.2, 0.25) is 5.91 Å². The molecule has 0 spiro atoms. The van der Waals surface area contributed by atoms with Crippen molar-refractivity contribution < 1.29 is 19.7 Å². The Morgan fingerprint density at radius 2 is 1.89 bits per heavy atom. The summed E-state index contributed by atoms with van der Waals surface area (Å²) in [6.45, 7) is 6.36. The van der Waals surface area contributed by atoms with Crippen LogP contribution in [0.5, 0.6) is 0 Å². The van der Waals surface area contributed by atoms with Crippen molar-refractivity contribution in [1.82, 2.24) is 5.32 Å². The van der Waals surface area contributed by atoms with Crippen LogP contribution in [-0.2, 0) is 9.53 Å². The van der Waals surface area contributed by atoms with Gasteiger partial charge >= 0.3 is 0 Å². The predicted octanol–water partition coefficient (Wildman–Crippen LogP) is -0.561. The molecule has 0 bridgehead atoms. The molecule has 0 radical (unpaired) electrons. The molecule has 18 heavy (non-hydrogen) atoms. The Morgan fingerprint density at radius 3 is 2.39 bits per heavy atom. The molecule has 3 unspecified atom stereocenters. The molecule has 5 N–H and O–H groups in total. The summed E-state index contributed by atoms with van der Waals surface area (Å²) in [5, 5.41) is 20.0. The van der Waals surface area contributed by atoms with E-state index in [1.54, 1.807) is 0 Å². The number of aliphatic hydroxyl groups excluding tert-OH is 1. The van der Waals surface area contributed by atoms with Gasteiger partial charge < -0.3 is 26.0 Å². The highest BCUT2D eigenvalue weighted by Crippen LogP contribution is 2.14. The highest BCUT2D eigenvalue weighted by molar-refractivity contribution is 5.78. The van der Waals surface area contributed by atoms with Gasteiger partial charge in [-0.3, -0.25) is 4.79 Å². The molecule has 1 amide bonds. The van der Waals surface area contributed by atoms with E-state index >= 15 is 0 Å². The minimum atomic E-state index is -1.48. The number of hydrogen-bond donors (Lipinski definition) is 4. The Labute approximate surface area is 109 Å². The van der Waals surface area contributed by atoms with Gasteiger partial charge in [-0.15, -0.1) is 0 Å². The molecule has 3 atom stereocenters. The van der Waals surface area contributed by atoms with E-state index in [1.807, 2.05) is 20.8 Å². The van der Waals surface area contributed by atoms with Crippen molar-refractivity contribution in [2.75, 3.05) is 19.8 Å². The van der Waals surface area contributed by atoms with Crippen LogP contribution in [-0.4, -0.2) is 48.2 Å². The first-order chi connectivity index (χ1) is 8.38. The second kappa shape index (κ2) is 9.27. The van der Waals surface area contributed by atoms with E-state index in [0.29, 0.717) is 6.54 Å². The predicted molar refractivity (Wildman–Crippen MR) is 68.6 cm³/mol. The van der Waals surface area contributed by atoms with Gasteiger partial charge in [0.15, 0.2) is 6.29 Å². The van der Waals surface area contributed by atoms with Crippen molar-refractivity contribution in [3.8, 4) is 0 Å². The van der Waals surface area contributed by atoms with Crippen molar-refractivity contribution in [2.45, 2.75) is 39.5 Å². The lowest BCUT2D eigenvalue weighted by Gasteiger charge is -2.21. The third-order valence-corrected chi connectivity index (χ3v) is 2.91. The van der Waals surface area contributed by atoms with Crippen LogP contribution in [0.15, 0.2) is 0 Å². The van der Waals surface area contributed by atoms with Gasteiger partial charge in [-0.1, -0.05) is 13.8 Å². The molecule has 0 rings (SSSR count). The minimum absolute atomic E-state index is 0.0309. The zero-order valence-electron chi connectivity index (χ0n) is 11.4. The van der Waals surface area contributed by atoms with Gasteiger partial charge in [0, 0.05) is 12.0 Å². The Kier molecular flexibility index (Phi) is 8.91. The second-order valence-electron chi connectivity index (χ2n) is 4.77. The van der Waals surface area contributed by atoms with Crippen molar-refractivity contribution >= 4 is 5.91 Å². The number of carbonyl (C=O) groups is 1. The third-order valence-electron chi connectivity index (χ3n) is 2.91. The van der Waals surface area contributed by atoms with E-state index < -0.39 is 6.29 Å². The summed E-state index contributed by atoms with van der Waals surface area (Å²) >= 11 is 0. The van der Waals surface area contributed by atoms with Crippen LogP contribution in [0.4, 0.5) is 0 Å². The topological polar surface area (TPSA) is 105 Å². The smallest absolute Gasteiger partial charge is 0.223 e. The molecular formula is C12H26N2O4. The fourth-order valence-corrected chi connectivity index (χ4v) is 1.54. The van der Waals surface area contributed by atoms with Crippen LogP contribution >= 0.6 is 0 Å². The molecule has 0 saturated heterocycles. The molecule has 0 saturated carbocycles. The highest BCUT2D eigenvalue weighted by Gasteiger charge is 2.20. The van der Waals surface area contributed by atoms with E-state index in [9.17, 15) is 4.79 Å². The van der Waals surface area contributed by atoms with E-state index in [-0.39, 0.29) is 37.0 Å². The average molecular weight is 262 g/mol. The van der Waals surface area contributed by atoms with Crippen LogP contribution in [0.2, 0.25) is 0 Å². The van der Waals surface area contributed by atoms with E-state index in [0.717, 1.165) is 6.42 Å². The molecule has 6 heteroatoms. The fraction of sp³-hybridized carbons (Fsp3) is 0.917. The molecular weight excluding hydrogens is 236 g/mol. The van der Waals surface area contributed by atoms with Gasteiger partial charge in [0.1, 0.15) is 0 Å². The van der Waals surface area contributed by atoms with Gasteiger partial charge in [0.05, 0.1) is 13.2 Å². The number of aliphatic hydroxyl groups is 2. The number of hydrogen-bond acceptors (Lipinski definition) is 5. The van der Waals surface area contributed by atoms with E-state index in [2.05, 4.69) is 5.32 Å². The van der Waals surface area contributed by atoms with E-state index in [4.69, 9.17) is 20.7 Å². The standard InChI is InChI=1S/C12H26N2O4/c1-8(4-5-13)10(3)12(17)14-9(2)6-18-7-11(15)16/h8-11,15-16H,4-7,13H2,1-3H3,(H,14,17). The number of carbonyl (C=O) groups excluding carboxylic acids is 1. The Bertz CT molecular complexity index is 236. The Balaban J connectivity index is 3.91. The number of ether oxygens (including phenoxy) is 1. The largest absolute Gasteiger partial charge is 0.374 e. The quantitative estimate of drug-likeness (QED) is 0.417. The number of amides is 1. The monoisotopic (exact) mass is 262 g/mol. The molecule has 0 aliphatic carbocycles. The zero-order valence-corrected chi connectivity index (χ0v) is 11.4. The maximum Gasteiger partial charge on any atom is 0.223 e. The first kappa shape index (κ1) is 17.3. The van der Waals surface area contributed by atoms with E-state index in [1.165, 1.54) is 0 Å². The van der Waals surface area contributed by atoms with Crippen molar-refractivity contribution in [1.29, 1.82) is 0 Å². The highest BCUT2D eigenvalue weighted by atomic mass is 16.5. The van der Waals surface area contributed by atoms with Gasteiger partial charge in [0.25, 0.3) is 0 Å². The van der Waals surface area contributed by atoms with Crippen molar-refractivity contribution in [3.05, 3.63) is 0 Å². The van der Waals surface area contributed by atoms with Gasteiger partial charge in [-0.25, -0.2) is 0 Å². The van der Waals surface area contributed by atoms with Crippen LogP contribution < -0.4 is 11.1 Å². The SMILES string of the molecule is CC(COCC(O)O)NC(=O)C(C)C(C)CCN. The summed E-state index contributed by atoms with van der Waals surface area (Å²) < 4.78 is 5.01. The van der Waals surface area contributed by atoms with Crippen LogP contribution in [0.25, 0.3) is 0 Å². The van der Waals surface area contributed by atoms with Crippen LogP contribution in [0, 0.1) is 11.8 Å². The van der Waals surface area contributed by atoms with Gasteiger partial charge in [-0.05, 0) is 25.8 Å². The first-order valence-electron chi connectivity index (χ1n) is 6.32. The fourth-order valence-electron chi connectivity index (χ4n) is 1.54. The molecule has 6 nitrogen and oxygen atoms in total. The second-order valence-corrected chi connectivity index (χ2v) is 4.77. The van der Waals surface area contributed by atoms with Crippen LogP contribution in [0.1, 0.15) is 27.2 Å². The summed E-state index contributed by atoms with van der Waals surface area (Å²) in [4.78, 5) is 11.9. The van der Waals surface area contributed by atoms with Crippen molar-refractivity contribution in [3.63, 3.8) is 0 Å². The summed E-state index contributed by atoms with van der Waals surface area (Å²) in [6.07, 6.45) is -0.660. The lowest BCUT2D eigenvalue weighted by Crippen LogP contribution is -2.41. The maximum atomic E-state index is 11.9. The average Bonchev–Trinajstić information content (AvgIpc) is 2.27. The molecule has 0 aliphatic rings. The van der Waals surface area contributed by atoms with Crippen LogP contribution in [0.3, 0.4) is 0 Å². The summed E-state index contributed by atoms with van der Waals surface area (Å²) in [7, 11) is 0. The molecule has 108 valence electrons. The first-order valence-corrected chi connectivity index (χ1v) is 6.32. The molecule has 0 aliphatic heterocycles. The maximum absolute atomic E-state index is 11.9.